The molecule has 0 saturated heterocycles. The first-order valence-corrected chi connectivity index (χ1v) is 7.31. The third kappa shape index (κ3) is 3.93. The number of aromatic nitrogens is 1. The molecular weight excluding hydrogens is 270 g/mol. The number of carbonyl (C=O) groups is 1. The molecule has 0 spiro atoms. The Bertz CT molecular complexity index is 606. The van der Waals surface area contributed by atoms with Gasteiger partial charge in [0.15, 0.2) is 0 Å². The van der Waals surface area contributed by atoms with Gasteiger partial charge in [-0.15, -0.1) is 11.8 Å². The summed E-state index contributed by atoms with van der Waals surface area (Å²) in [5.74, 6) is -0.269. The van der Waals surface area contributed by atoms with E-state index in [0.29, 0.717) is 5.56 Å². The smallest absolute Gasteiger partial charge is 0.267 e. The number of pyridine rings is 1. The summed E-state index contributed by atoms with van der Waals surface area (Å²) < 4.78 is 0. The Balaban J connectivity index is 1.95. The van der Waals surface area contributed by atoms with Crippen molar-refractivity contribution in [1.29, 1.82) is 0 Å². The Labute approximate surface area is 122 Å². The number of nitrogens with one attached hydrogen (secondary N) is 1. The van der Waals surface area contributed by atoms with Crippen molar-refractivity contribution in [2.75, 3.05) is 6.26 Å². The van der Waals surface area contributed by atoms with E-state index in [1.54, 1.807) is 30.1 Å². The zero-order chi connectivity index (χ0) is 14.4. The maximum atomic E-state index is 11.8. The zero-order valence-electron chi connectivity index (χ0n) is 11.3. The molecule has 4 nitrogen and oxygen atoms in total. The van der Waals surface area contributed by atoms with Gasteiger partial charge in [0.1, 0.15) is 0 Å². The number of nitrogens with zero attached hydrogens (tertiary/aromatic N) is 2. The number of carbonyl (C=O) groups excluding carboxylic acids is 1. The fourth-order valence-corrected chi connectivity index (χ4v) is 1.93. The van der Waals surface area contributed by atoms with Crippen molar-refractivity contribution in [1.82, 2.24) is 10.4 Å². The Morgan fingerprint density at radius 1 is 1.25 bits per heavy atom. The second-order valence-corrected chi connectivity index (χ2v) is 5.04. The summed E-state index contributed by atoms with van der Waals surface area (Å²) in [7, 11) is 0. The van der Waals surface area contributed by atoms with E-state index in [-0.39, 0.29) is 5.91 Å². The molecule has 1 aromatic carbocycles. The average Bonchev–Trinajstić information content (AvgIpc) is 2.48. The van der Waals surface area contributed by atoms with Crippen LogP contribution >= 0.6 is 11.8 Å². The Hall–Kier alpha value is -2.14. The van der Waals surface area contributed by atoms with Crippen LogP contribution < -0.4 is 5.43 Å². The van der Waals surface area contributed by atoms with Crippen molar-refractivity contribution in [2.45, 2.75) is 11.8 Å². The molecule has 0 atom stereocenters. The molecule has 0 aliphatic heterocycles. The van der Waals surface area contributed by atoms with Crippen molar-refractivity contribution in [2.24, 2.45) is 5.10 Å². The summed E-state index contributed by atoms with van der Waals surface area (Å²) in [6.45, 7) is 1.87. The van der Waals surface area contributed by atoms with Gasteiger partial charge in [0.05, 0.1) is 11.8 Å². The summed E-state index contributed by atoms with van der Waals surface area (Å²) in [4.78, 5) is 17.0. The monoisotopic (exact) mass is 285 g/mol. The van der Waals surface area contributed by atoms with Gasteiger partial charge in [-0.3, -0.25) is 9.78 Å². The Morgan fingerprint density at radius 2 is 2.00 bits per heavy atom. The molecule has 102 valence electrons. The molecule has 0 aliphatic rings. The van der Waals surface area contributed by atoms with E-state index in [1.807, 2.05) is 37.4 Å². The first-order chi connectivity index (χ1) is 9.69. The molecule has 0 aliphatic carbocycles. The van der Waals surface area contributed by atoms with Crippen LogP contribution in [-0.2, 0) is 0 Å². The fraction of sp³-hybridized carbons (Fsp3) is 0.133. The highest BCUT2D eigenvalue weighted by atomic mass is 32.2. The number of rotatable bonds is 4. The van der Waals surface area contributed by atoms with Crippen LogP contribution in [0, 0.1) is 6.92 Å². The van der Waals surface area contributed by atoms with Crippen LogP contribution in [0.3, 0.4) is 0 Å². The van der Waals surface area contributed by atoms with E-state index in [1.165, 1.54) is 11.1 Å². The van der Waals surface area contributed by atoms with Gasteiger partial charge in [-0.1, -0.05) is 12.1 Å². The minimum atomic E-state index is -0.269. The first kappa shape index (κ1) is 14.3. The lowest BCUT2D eigenvalue weighted by Crippen LogP contribution is -2.17. The summed E-state index contributed by atoms with van der Waals surface area (Å²) in [5.41, 5.74) is 4.78. The fourth-order valence-electron chi connectivity index (χ4n) is 1.52. The lowest BCUT2D eigenvalue weighted by Gasteiger charge is -2.00. The van der Waals surface area contributed by atoms with Crippen molar-refractivity contribution in [3.05, 3.63) is 59.4 Å². The maximum Gasteiger partial charge on any atom is 0.272 e. The molecule has 0 unspecified atom stereocenters. The van der Waals surface area contributed by atoms with Crippen LogP contribution in [0.4, 0.5) is 0 Å². The number of aryl methyl sites for hydroxylation is 1. The molecule has 0 bridgehead atoms. The molecule has 0 radical (unpaired) electrons. The van der Waals surface area contributed by atoms with Crippen LogP contribution in [-0.4, -0.2) is 23.4 Å². The molecular formula is C15H15N3OS. The lowest BCUT2D eigenvalue weighted by atomic mass is 10.2. The molecule has 0 saturated carbocycles. The van der Waals surface area contributed by atoms with Gasteiger partial charge in [0.2, 0.25) is 0 Å². The Morgan fingerprint density at radius 3 is 2.60 bits per heavy atom. The first-order valence-electron chi connectivity index (χ1n) is 6.09. The summed E-state index contributed by atoms with van der Waals surface area (Å²) in [6, 6.07) is 11.4. The number of amides is 1. The second kappa shape index (κ2) is 6.86. The van der Waals surface area contributed by atoms with Crippen LogP contribution in [0.25, 0.3) is 0 Å². The SMILES string of the molecule is CSc1ccc(/C=N/NC(=O)c2ccc(C)nc2)cc1. The minimum absolute atomic E-state index is 0.269. The van der Waals surface area contributed by atoms with Crippen LogP contribution in [0.5, 0.6) is 0 Å². The number of hydrazone groups is 1. The normalized spacial score (nSPS) is 10.7. The van der Waals surface area contributed by atoms with Crippen molar-refractivity contribution in [3.63, 3.8) is 0 Å². The van der Waals surface area contributed by atoms with Crippen molar-refractivity contribution in [3.8, 4) is 0 Å². The van der Waals surface area contributed by atoms with E-state index in [2.05, 4.69) is 15.5 Å². The molecule has 20 heavy (non-hydrogen) atoms. The van der Waals surface area contributed by atoms with Gasteiger partial charge in [0.25, 0.3) is 5.91 Å². The minimum Gasteiger partial charge on any atom is -0.267 e. The molecule has 1 aromatic heterocycles. The average molecular weight is 285 g/mol. The van der Waals surface area contributed by atoms with Crippen molar-refractivity contribution < 1.29 is 4.79 Å². The molecule has 1 heterocycles. The molecule has 5 heteroatoms. The van der Waals surface area contributed by atoms with Gasteiger partial charge in [0, 0.05) is 16.8 Å². The summed E-state index contributed by atoms with van der Waals surface area (Å²) >= 11 is 1.68. The van der Waals surface area contributed by atoms with E-state index < -0.39 is 0 Å². The van der Waals surface area contributed by atoms with E-state index in [9.17, 15) is 4.79 Å². The Kier molecular flexibility index (Phi) is 4.90. The van der Waals surface area contributed by atoms with Gasteiger partial charge in [-0.25, -0.2) is 5.43 Å². The van der Waals surface area contributed by atoms with E-state index in [0.717, 1.165) is 11.3 Å². The summed E-state index contributed by atoms with van der Waals surface area (Å²) in [6.07, 6.45) is 5.18. The number of benzene rings is 1. The third-order valence-corrected chi connectivity index (χ3v) is 3.41. The predicted octanol–water partition coefficient (Wildman–Crippen LogP) is 2.88. The largest absolute Gasteiger partial charge is 0.272 e. The third-order valence-electron chi connectivity index (χ3n) is 2.67. The molecule has 2 rings (SSSR count). The zero-order valence-corrected chi connectivity index (χ0v) is 12.1. The standard InChI is InChI=1S/C15H15N3OS/c1-11-3-6-13(10-16-11)15(19)18-17-9-12-4-7-14(20-2)8-5-12/h3-10H,1-2H3,(H,18,19)/b17-9+. The van der Waals surface area contributed by atoms with Gasteiger partial charge in [-0.2, -0.15) is 5.10 Å². The van der Waals surface area contributed by atoms with Crippen LogP contribution in [0.15, 0.2) is 52.6 Å². The number of thioether (sulfide) groups is 1. The maximum absolute atomic E-state index is 11.8. The molecule has 1 amide bonds. The second-order valence-electron chi connectivity index (χ2n) is 4.16. The molecule has 1 N–H and O–H groups in total. The van der Waals surface area contributed by atoms with Crippen LogP contribution in [0.1, 0.15) is 21.6 Å². The van der Waals surface area contributed by atoms with E-state index in [4.69, 9.17) is 0 Å². The summed E-state index contributed by atoms with van der Waals surface area (Å²) in [5, 5.41) is 3.94. The highest BCUT2D eigenvalue weighted by molar-refractivity contribution is 7.98. The number of hydrogen-bond donors (Lipinski definition) is 1. The number of hydrogen-bond acceptors (Lipinski definition) is 4. The van der Waals surface area contributed by atoms with E-state index >= 15 is 0 Å². The highest BCUT2D eigenvalue weighted by Crippen LogP contribution is 2.13. The molecule has 0 fully saturated rings. The highest BCUT2D eigenvalue weighted by Gasteiger charge is 2.03. The molecule has 2 aromatic rings. The van der Waals surface area contributed by atoms with Gasteiger partial charge < -0.3 is 0 Å². The van der Waals surface area contributed by atoms with Crippen LogP contribution in [0.2, 0.25) is 0 Å². The predicted molar refractivity (Wildman–Crippen MR) is 82.3 cm³/mol. The van der Waals surface area contributed by atoms with Gasteiger partial charge in [-0.05, 0) is 43.0 Å². The van der Waals surface area contributed by atoms with Crippen molar-refractivity contribution >= 4 is 23.9 Å². The van der Waals surface area contributed by atoms with Gasteiger partial charge >= 0.3 is 0 Å². The quantitative estimate of drug-likeness (QED) is 0.534. The topological polar surface area (TPSA) is 54.4 Å². The lowest BCUT2D eigenvalue weighted by molar-refractivity contribution is 0.0955.